The molecule has 0 bridgehead atoms. The molecular formula is C28H28N2O3. The molecule has 1 aliphatic rings. The van der Waals surface area contributed by atoms with E-state index in [0.717, 1.165) is 27.9 Å². The van der Waals surface area contributed by atoms with Crippen LogP contribution in [0.3, 0.4) is 0 Å². The van der Waals surface area contributed by atoms with E-state index in [1.54, 1.807) is 0 Å². The Bertz CT molecular complexity index is 1220. The van der Waals surface area contributed by atoms with Gasteiger partial charge in [0, 0.05) is 11.3 Å². The highest BCUT2D eigenvalue weighted by molar-refractivity contribution is 5.93. The molecule has 1 heterocycles. The zero-order valence-corrected chi connectivity index (χ0v) is 18.8. The van der Waals surface area contributed by atoms with Crippen molar-refractivity contribution < 1.29 is 13.9 Å². The van der Waals surface area contributed by atoms with Crippen molar-refractivity contribution >= 4 is 22.7 Å². The van der Waals surface area contributed by atoms with Gasteiger partial charge in [-0.1, -0.05) is 49.6 Å². The fraction of sp³-hybridized carbons (Fsp3) is 0.286. The van der Waals surface area contributed by atoms with Crippen LogP contribution in [0.4, 0.5) is 5.69 Å². The lowest BCUT2D eigenvalue weighted by Crippen LogP contribution is -2.20. The Labute approximate surface area is 193 Å². The van der Waals surface area contributed by atoms with Gasteiger partial charge in [0.05, 0.1) is 0 Å². The molecule has 168 valence electrons. The van der Waals surface area contributed by atoms with Crippen molar-refractivity contribution in [2.24, 2.45) is 0 Å². The van der Waals surface area contributed by atoms with Gasteiger partial charge < -0.3 is 14.5 Å². The Hall–Kier alpha value is -3.60. The van der Waals surface area contributed by atoms with Crippen LogP contribution < -0.4 is 10.1 Å². The maximum absolute atomic E-state index is 12.6. The molecule has 0 spiro atoms. The van der Waals surface area contributed by atoms with Crippen LogP contribution >= 0.6 is 0 Å². The number of nitrogens with zero attached hydrogens (tertiary/aromatic N) is 1. The first kappa shape index (κ1) is 21.3. The van der Waals surface area contributed by atoms with Crippen molar-refractivity contribution in [3.05, 3.63) is 77.9 Å². The number of para-hydroxylation sites is 2. The summed E-state index contributed by atoms with van der Waals surface area (Å²) in [5, 5.41) is 2.95. The molecule has 1 aliphatic carbocycles. The number of benzene rings is 3. The number of hydrogen-bond acceptors (Lipinski definition) is 4. The number of amides is 1. The predicted molar refractivity (Wildman–Crippen MR) is 131 cm³/mol. The molecule has 0 radical (unpaired) electrons. The molecule has 1 aromatic heterocycles. The highest BCUT2D eigenvalue weighted by Gasteiger charge is 2.16. The Morgan fingerprint density at radius 1 is 1.00 bits per heavy atom. The SMILES string of the molecule is Cc1c(NC(=O)COc2ccc(C3CCCCC3)cc2)cccc1-c1nc2ccccc2o1. The van der Waals surface area contributed by atoms with Crippen LogP contribution in [0.1, 0.15) is 49.1 Å². The molecule has 1 fully saturated rings. The summed E-state index contributed by atoms with van der Waals surface area (Å²) < 4.78 is 11.6. The van der Waals surface area contributed by atoms with Gasteiger partial charge in [-0.3, -0.25) is 4.79 Å². The van der Waals surface area contributed by atoms with Crippen LogP contribution in [0.2, 0.25) is 0 Å². The van der Waals surface area contributed by atoms with Crippen LogP contribution in [0.15, 0.2) is 71.1 Å². The van der Waals surface area contributed by atoms with Gasteiger partial charge in [-0.05, 0) is 73.2 Å². The zero-order valence-electron chi connectivity index (χ0n) is 18.8. The topological polar surface area (TPSA) is 64.4 Å². The second kappa shape index (κ2) is 9.49. The van der Waals surface area contributed by atoms with Gasteiger partial charge >= 0.3 is 0 Å². The number of hydrogen-bond donors (Lipinski definition) is 1. The Morgan fingerprint density at radius 2 is 1.79 bits per heavy atom. The third-order valence-electron chi connectivity index (χ3n) is 6.46. The van der Waals surface area contributed by atoms with Crippen molar-refractivity contribution in [3.63, 3.8) is 0 Å². The van der Waals surface area contributed by atoms with Crippen LogP contribution in [-0.4, -0.2) is 17.5 Å². The molecule has 5 heteroatoms. The number of anilines is 1. The smallest absolute Gasteiger partial charge is 0.262 e. The number of ether oxygens (including phenoxy) is 1. The number of nitrogens with one attached hydrogen (secondary N) is 1. The van der Waals surface area contributed by atoms with Crippen molar-refractivity contribution in [1.29, 1.82) is 0 Å². The zero-order chi connectivity index (χ0) is 22.6. The summed E-state index contributed by atoms with van der Waals surface area (Å²) in [6.45, 7) is 1.90. The molecule has 1 N–H and O–H groups in total. The molecular weight excluding hydrogens is 412 g/mol. The van der Waals surface area contributed by atoms with Gasteiger partial charge in [0.2, 0.25) is 5.89 Å². The van der Waals surface area contributed by atoms with E-state index < -0.39 is 0 Å². The monoisotopic (exact) mass is 440 g/mol. The second-order valence-electron chi connectivity index (χ2n) is 8.71. The molecule has 4 aromatic rings. The van der Waals surface area contributed by atoms with Crippen molar-refractivity contribution in [3.8, 4) is 17.2 Å². The van der Waals surface area contributed by atoms with Crippen LogP contribution in [0.25, 0.3) is 22.6 Å². The molecule has 5 nitrogen and oxygen atoms in total. The van der Waals surface area contributed by atoms with Gasteiger partial charge in [-0.25, -0.2) is 4.98 Å². The van der Waals surface area contributed by atoms with Crippen molar-refractivity contribution in [1.82, 2.24) is 4.98 Å². The molecule has 33 heavy (non-hydrogen) atoms. The molecule has 0 unspecified atom stereocenters. The van der Waals surface area contributed by atoms with Gasteiger partial charge in [-0.15, -0.1) is 0 Å². The van der Waals surface area contributed by atoms with E-state index in [2.05, 4.69) is 22.4 Å². The average Bonchev–Trinajstić information content (AvgIpc) is 3.29. The number of carbonyl (C=O) groups is 1. The van der Waals surface area contributed by atoms with E-state index in [-0.39, 0.29) is 12.5 Å². The summed E-state index contributed by atoms with van der Waals surface area (Å²) in [5.41, 5.74) is 5.39. The van der Waals surface area contributed by atoms with Crippen molar-refractivity contribution in [2.75, 3.05) is 11.9 Å². The third-order valence-corrected chi connectivity index (χ3v) is 6.46. The summed E-state index contributed by atoms with van der Waals surface area (Å²) in [7, 11) is 0. The Kier molecular flexibility index (Phi) is 6.11. The van der Waals surface area contributed by atoms with E-state index >= 15 is 0 Å². The van der Waals surface area contributed by atoms with E-state index in [9.17, 15) is 4.79 Å². The standard InChI is InChI=1S/C28H28N2O3/c1-19-23(28-30-25-11-5-6-13-26(25)33-28)10-7-12-24(19)29-27(31)18-32-22-16-14-21(15-17-22)20-8-3-2-4-9-20/h5-7,10-17,20H,2-4,8-9,18H2,1H3,(H,29,31). The molecule has 0 saturated heterocycles. The number of rotatable bonds is 6. The maximum atomic E-state index is 12.6. The number of fused-ring (bicyclic) bond motifs is 1. The van der Waals surface area contributed by atoms with E-state index in [0.29, 0.717) is 17.6 Å². The normalized spacial score (nSPS) is 14.3. The summed E-state index contributed by atoms with van der Waals surface area (Å²) >= 11 is 0. The minimum absolute atomic E-state index is 0.0463. The number of oxazole rings is 1. The third kappa shape index (κ3) is 4.77. The highest BCUT2D eigenvalue weighted by atomic mass is 16.5. The molecule has 5 rings (SSSR count). The van der Waals surface area contributed by atoms with Crippen molar-refractivity contribution in [2.45, 2.75) is 44.9 Å². The molecule has 0 aliphatic heterocycles. The number of aromatic nitrogens is 1. The summed E-state index contributed by atoms with van der Waals surface area (Å²) in [6, 6.07) is 21.6. The van der Waals surface area contributed by atoms with E-state index in [1.165, 1.54) is 37.7 Å². The fourth-order valence-corrected chi connectivity index (χ4v) is 4.60. The first-order chi connectivity index (χ1) is 16.2. The van der Waals surface area contributed by atoms with Gasteiger partial charge in [0.15, 0.2) is 12.2 Å². The second-order valence-corrected chi connectivity index (χ2v) is 8.71. The maximum Gasteiger partial charge on any atom is 0.262 e. The van der Waals surface area contributed by atoms with Gasteiger partial charge in [0.1, 0.15) is 11.3 Å². The van der Waals surface area contributed by atoms with Crippen LogP contribution in [0, 0.1) is 6.92 Å². The summed E-state index contributed by atoms with van der Waals surface area (Å²) in [5.74, 6) is 1.71. The first-order valence-electron chi connectivity index (χ1n) is 11.7. The van der Waals surface area contributed by atoms with E-state index in [1.807, 2.05) is 61.5 Å². The van der Waals surface area contributed by atoms with Gasteiger partial charge in [0.25, 0.3) is 5.91 Å². The lowest BCUT2D eigenvalue weighted by Gasteiger charge is -2.22. The molecule has 3 aromatic carbocycles. The average molecular weight is 441 g/mol. The lowest BCUT2D eigenvalue weighted by molar-refractivity contribution is -0.118. The van der Waals surface area contributed by atoms with E-state index in [4.69, 9.17) is 9.15 Å². The predicted octanol–water partition coefficient (Wildman–Crippen LogP) is 6.87. The summed E-state index contributed by atoms with van der Waals surface area (Å²) in [6.07, 6.45) is 6.52. The van der Waals surface area contributed by atoms with Gasteiger partial charge in [-0.2, -0.15) is 0 Å². The molecule has 1 amide bonds. The van der Waals surface area contributed by atoms with Crippen LogP contribution in [0.5, 0.6) is 5.75 Å². The lowest BCUT2D eigenvalue weighted by atomic mass is 9.84. The minimum Gasteiger partial charge on any atom is -0.484 e. The highest BCUT2D eigenvalue weighted by Crippen LogP contribution is 2.33. The Balaban J connectivity index is 1.22. The molecule has 0 atom stereocenters. The molecule has 1 saturated carbocycles. The minimum atomic E-state index is -0.204. The number of carbonyl (C=O) groups excluding carboxylic acids is 1. The largest absolute Gasteiger partial charge is 0.484 e. The fourth-order valence-electron chi connectivity index (χ4n) is 4.60. The summed E-state index contributed by atoms with van der Waals surface area (Å²) in [4.78, 5) is 17.1. The first-order valence-corrected chi connectivity index (χ1v) is 11.7. The van der Waals surface area contributed by atoms with Crippen LogP contribution in [-0.2, 0) is 4.79 Å². The Morgan fingerprint density at radius 3 is 2.58 bits per heavy atom. The quantitative estimate of drug-likeness (QED) is 0.355.